The number of amides is 1. The summed E-state index contributed by atoms with van der Waals surface area (Å²) in [4.78, 5) is 22.7. The second-order valence-corrected chi connectivity index (χ2v) is 11.3. The lowest BCUT2D eigenvalue weighted by Gasteiger charge is -2.14. The molecule has 3 aromatic heterocycles. The van der Waals surface area contributed by atoms with Crippen molar-refractivity contribution >= 4 is 32.5 Å². The molecule has 4 heterocycles. The van der Waals surface area contributed by atoms with Crippen molar-refractivity contribution in [3.63, 3.8) is 0 Å². The summed E-state index contributed by atoms with van der Waals surface area (Å²) in [7, 11) is -3.10. The first-order chi connectivity index (χ1) is 16.8. The number of fused-ring (bicyclic) bond motifs is 1. The molecule has 4 aromatic rings. The molecule has 0 saturated carbocycles. The van der Waals surface area contributed by atoms with Gasteiger partial charge in [-0.25, -0.2) is 18.4 Å². The van der Waals surface area contributed by atoms with Gasteiger partial charge in [0.05, 0.1) is 29.3 Å². The lowest BCUT2D eigenvalue weighted by Crippen LogP contribution is -2.15. The number of carbonyl (C=O) groups is 1. The van der Waals surface area contributed by atoms with Gasteiger partial charge in [0.25, 0.3) is 5.91 Å². The molecule has 1 N–H and O–H groups in total. The average molecular weight is 493 g/mol. The molecule has 1 fully saturated rings. The first kappa shape index (κ1) is 23.3. The zero-order chi connectivity index (χ0) is 24.6. The molecule has 1 saturated heterocycles. The number of anilines is 1. The third-order valence-electron chi connectivity index (χ3n) is 6.45. The highest BCUT2D eigenvalue weighted by Crippen LogP contribution is 2.32. The van der Waals surface area contributed by atoms with E-state index in [1.165, 1.54) is 5.56 Å². The van der Waals surface area contributed by atoms with Gasteiger partial charge in [-0.2, -0.15) is 0 Å². The predicted octanol–water partition coefficient (Wildman–Crippen LogP) is 4.95. The topological polar surface area (TPSA) is 107 Å². The minimum atomic E-state index is -3.10. The summed E-state index contributed by atoms with van der Waals surface area (Å²) < 4.78 is 31.8. The molecule has 182 valence electrons. The number of rotatable bonds is 7. The number of sulfone groups is 1. The summed E-state index contributed by atoms with van der Waals surface area (Å²) in [6.45, 7) is 3.99. The highest BCUT2D eigenvalue weighted by Gasteiger charge is 2.32. The SMILES string of the molecule is CCCCc1ccc(NC(=O)c2nc(-c3ccco3)cc3c2nc(C)n3C2CCS(=O)(=O)C2)cc1. The number of pyridine rings is 1. The van der Waals surface area contributed by atoms with Crippen LogP contribution in [0.25, 0.3) is 22.5 Å². The molecule has 1 unspecified atom stereocenters. The maximum Gasteiger partial charge on any atom is 0.276 e. The van der Waals surface area contributed by atoms with Crippen molar-refractivity contribution < 1.29 is 17.6 Å². The van der Waals surface area contributed by atoms with E-state index in [1.807, 2.05) is 41.8 Å². The number of imidazole rings is 1. The number of benzene rings is 1. The van der Waals surface area contributed by atoms with Crippen LogP contribution in [0.4, 0.5) is 5.69 Å². The molecule has 1 atom stereocenters. The van der Waals surface area contributed by atoms with Gasteiger partial charge in [0.15, 0.2) is 21.3 Å². The van der Waals surface area contributed by atoms with E-state index in [1.54, 1.807) is 18.4 Å². The van der Waals surface area contributed by atoms with Crippen LogP contribution >= 0.6 is 0 Å². The van der Waals surface area contributed by atoms with Crippen molar-refractivity contribution in [2.24, 2.45) is 0 Å². The van der Waals surface area contributed by atoms with E-state index >= 15 is 0 Å². The summed E-state index contributed by atoms with van der Waals surface area (Å²) in [6.07, 6.45) is 5.32. The lowest BCUT2D eigenvalue weighted by atomic mass is 10.1. The molecule has 35 heavy (non-hydrogen) atoms. The van der Waals surface area contributed by atoms with Crippen molar-refractivity contribution in [2.45, 2.75) is 45.6 Å². The predicted molar refractivity (Wildman–Crippen MR) is 135 cm³/mol. The monoisotopic (exact) mass is 492 g/mol. The fraction of sp³-hybridized carbons (Fsp3) is 0.346. The van der Waals surface area contributed by atoms with Crippen LogP contribution in [0.15, 0.2) is 53.1 Å². The zero-order valence-corrected chi connectivity index (χ0v) is 20.6. The van der Waals surface area contributed by atoms with Crippen LogP contribution in [0.5, 0.6) is 0 Å². The molecule has 1 amide bonds. The number of unbranched alkanes of at least 4 members (excludes halogenated alkanes) is 1. The Morgan fingerprint density at radius 1 is 1.20 bits per heavy atom. The minimum absolute atomic E-state index is 0.0591. The van der Waals surface area contributed by atoms with Gasteiger partial charge >= 0.3 is 0 Å². The number of nitrogens with one attached hydrogen (secondary N) is 1. The van der Waals surface area contributed by atoms with Crippen LogP contribution in [-0.4, -0.2) is 40.4 Å². The summed E-state index contributed by atoms with van der Waals surface area (Å²) in [5.74, 6) is 0.992. The van der Waals surface area contributed by atoms with Gasteiger partial charge in [-0.05, 0) is 62.1 Å². The molecule has 5 rings (SSSR count). The third kappa shape index (κ3) is 4.73. The summed E-state index contributed by atoms with van der Waals surface area (Å²) >= 11 is 0. The number of aromatic nitrogens is 3. The van der Waals surface area contributed by atoms with Gasteiger partial charge in [-0.3, -0.25) is 4.79 Å². The Kier molecular flexibility index (Phi) is 6.19. The first-order valence-corrected chi connectivity index (χ1v) is 13.7. The van der Waals surface area contributed by atoms with E-state index in [0.29, 0.717) is 40.4 Å². The van der Waals surface area contributed by atoms with Gasteiger partial charge in [0.1, 0.15) is 17.0 Å². The molecule has 1 aliphatic rings. The molecule has 1 aliphatic heterocycles. The molecule has 0 radical (unpaired) electrons. The Morgan fingerprint density at radius 2 is 2.00 bits per heavy atom. The van der Waals surface area contributed by atoms with E-state index in [0.717, 1.165) is 19.3 Å². The van der Waals surface area contributed by atoms with E-state index in [4.69, 9.17) is 4.42 Å². The van der Waals surface area contributed by atoms with Crippen molar-refractivity contribution in [1.82, 2.24) is 14.5 Å². The van der Waals surface area contributed by atoms with Crippen LogP contribution in [0.3, 0.4) is 0 Å². The van der Waals surface area contributed by atoms with Crippen LogP contribution in [0.1, 0.15) is 54.1 Å². The van der Waals surface area contributed by atoms with Crippen molar-refractivity contribution in [3.8, 4) is 11.5 Å². The smallest absolute Gasteiger partial charge is 0.276 e. The Balaban J connectivity index is 1.55. The van der Waals surface area contributed by atoms with E-state index in [2.05, 4.69) is 22.2 Å². The second-order valence-electron chi connectivity index (χ2n) is 9.04. The molecule has 0 aliphatic carbocycles. The van der Waals surface area contributed by atoms with Crippen LogP contribution in [-0.2, 0) is 16.3 Å². The van der Waals surface area contributed by atoms with Crippen LogP contribution in [0, 0.1) is 6.92 Å². The quantitative estimate of drug-likeness (QED) is 0.391. The average Bonchev–Trinajstić information content (AvgIpc) is 3.56. The van der Waals surface area contributed by atoms with Gasteiger partial charge in [0.2, 0.25) is 0 Å². The maximum atomic E-state index is 13.4. The van der Waals surface area contributed by atoms with E-state index in [-0.39, 0.29) is 29.1 Å². The number of aryl methyl sites for hydroxylation is 2. The standard InChI is InChI=1S/C26H28N4O4S/c1-3-4-6-18-8-10-19(11-9-18)28-26(31)25-24-22(15-21(29-25)23-7-5-13-34-23)30(17(2)27-24)20-12-14-35(32,33)16-20/h5,7-11,13,15,20H,3-4,6,12,14,16H2,1-2H3,(H,28,31). The molecule has 0 bridgehead atoms. The molecule has 1 aromatic carbocycles. The van der Waals surface area contributed by atoms with Gasteiger partial charge in [-0.1, -0.05) is 25.5 Å². The van der Waals surface area contributed by atoms with Crippen molar-refractivity contribution in [1.29, 1.82) is 0 Å². The number of furan rings is 1. The summed E-state index contributed by atoms with van der Waals surface area (Å²) in [5, 5.41) is 2.94. The zero-order valence-electron chi connectivity index (χ0n) is 19.8. The number of hydrogen-bond donors (Lipinski definition) is 1. The Morgan fingerprint density at radius 3 is 2.66 bits per heavy atom. The summed E-state index contributed by atoms with van der Waals surface area (Å²) in [6, 6.07) is 12.9. The number of hydrogen-bond acceptors (Lipinski definition) is 6. The Bertz CT molecular complexity index is 1470. The van der Waals surface area contributed by atoms with Gasteiger partial charge in [0, 0.05) is 5.69 Å². The highest BCUT2D eigenvalue weighted by molar-refractivity contribution is 7.91. The van der Waals surface area contributed by atoms with E-state index in [9.17, 15) is 13.2 Å². The first-order valence-electron chi connectivity index (χ1n) is 11.9. The Hall–Kier alpha value is -3.46. The minimum Gasteiger partial charge on any atom is -0.463 e. The maximum absolute atomic E-state index is 13.4. The normalized spacial score (nSPS) is 17.1. The Labute approximate surface area is 204 Å². The lowest BCUT2D eigenvalue weighted by molar-refractivity contribution is 0.102. The van der Waals surface area contributed by atoms with Crippen LogP contribution in [0.2, 0.25) is 0 Å². The molecular weight excluding hydrogens is 464 g/mol. The van der Waals surface area contributed by atoms with Gasteiger partial charge in [-0.15, -0.1) is 0 Å². The number of nitrogens with zero attached hydrogens (tertiary/aromatic N) is 3. The fourth-order valence-corrected chi connectivity index (χ4v) is 6.38. The molecule has 0 spiro atoms. The highest BCUT2D eigenvalue weighted by atomic mass is 32.2. The molecular formula is C26H28N4O4S. The van der Waals surface area contributed by atoms with Crippen molar-refractivity contribution in [2.75, 3.05) is 16.8 Å². The summed E-state index contributed by atoms with van der Waals surface area (Å²) in [5.41, 5.74) is 3.68. The van der Waals surface area contributed by atoms with Crippen molar-refractivity contribution in [3.05, 3.63) is 65.8 Å². The third-order valence-corrected chi connectivity index (χ3v) is 8.20. The van der Waals surface area contributed by atoms with Crippen LogP contribution < -0.4 is 5.32 Å². The van der Waals surface area contributed by atoms with E-state index < -0.39 is 9.84 Å². The largest absolute Gasteiger partial charge is 0.463 e. The second kappa shape index (κ2) is 9.30. The fourth-order valence-electron chi connectivity index (χ4n) is 4.68. The molecule has 9 heteroatoms. The van der Waals surface area contributed by atoms with Gasteiger partial charge < -0.3 is 14.3 Å². The molecule has 8 nitrogen and oxygen atoms in total. The number of carbonyl (C=O) groups excluding carboxylic acids is 1.